The lowest BCUT2D eigenvalue weighted by Gasteiger charge is -2.04. The molecule has 2 heterocycles. The molecule has 94 valence electrons. The molecule has 2 aromatic rings. The van der Waals surface area contributed by atoms with Gasteiger partial charge in [-0.25, -0.2) is 0 Å². The van der Waals surface area contributed by atoms with Crippen LogP contribution < -0.4 is 4.74 Å². The number of ether oxygens (including phenoxy) is 1. The molecule has 0 aliphatic carbocycles. The Hall–Kier alpha value is -2.10. The Morgan fingerprint density at radius 3 is 3.06 bits per heavy atom. The monoisotopic (exact) mass is 245 g/mol. The third-order valence-electron chi connectivity index (χ3n) is 2.52. The molecule has 4 nitrogen and oxygen atoms in total. The van der Waals surface area contributed by atoms with E-state index in [-0.39, 0.29) is 5.78 Å². The maximum atomic E-state index is 12.0. The van der Waals surface area contributed by atoms with Crippen LogP contribution in [-0.4, -0.2) is 17.4 Å². The Bertz CT molecular complexity index is 506. The molecule has 0 fully saturated rings. The van der Waals surface area contributed by atoms with Crippen molar-refractivity contribution in [2.45, 2.75) is 19.8 Å². The SMILES string of the molecule is CCOc1cncc(C(=O)CCc2ccco2)c1. The van der Waals surface area contributed by atoms with Crippen LogP contribution in [0.25, 0.3) is 0 Å². The van der Waals surface area contributed by atoms with Gasteiger partial charge in [0.2, 0.25) is 0 Å². The highest BCUT2D eigenvalue weighted by Crippen LogP contribution is 2.14. The Morgan fingerprint density at radius 1 is 1.44 bits per heavy atom. The smallest absolute Gasteiger partial charge is 0.165 e. The molecule has 0 saturated carbocycles. The van der Waals surface area contributed by atoms with E-state index >= 15 is 0 Å². The molecule has 0 saturated heterocycles. The van der Waals surface area contributed by atoms with Crippen LogP contribution in [0.5, 0.6) is 5.75 Å². The Morgan fingerprint density at radius 2 is 2.33 bits per heavy atom. The molecule has 0 N–H and O–H groups in total. The van der Waals surface area contributed by atoms with Crippen LogP contribution in [0.1, 0.15) is 29.5 Å². The highest BCUT2D eigenvalue weighted by atomic mass is 16.5. The Balaban J connectivity index is 1.97. The van der Waals surface area contributed by atoms with Crippen molar-refractivity contribution in [2.24, 2.45) is 0 Å². The van der Waals surface area contributed by atoms with Crippen LogP contribution >= 0.6 is 0 Å². The number of rotatable bonds is 6. The van der Waals surface area contributed by atoms with E-state index in [1.165, 1.54) is 0 Å². The minimum atomic E-state index is 0.0421. The number of pyridine rings is 1. The third kappa shape index (κ3) is 3.20. The number of aromatic nitrogens is 1. The molecule has 0 spiro atoms. The zero-order chi connectivity index (χ0) is 12.8. The van der Waals surface area contributed by atoms with Crippen molar-refractivity contribution in [3.05, 3.63) is 48.2 Å². The molecular weight excluding hydrogens is 230 g/mol. The molecule has 0 bridgehead atoms. The van der Waals surface area contributed by atoms with E-state index < -0.39 is 0 Å². The van der Waals surface area contributed by atoms with Crippen LogP contribution in [-0.2, 0) is 6.42 Å². The average molecular weight is 245 g/mol. The third-order valence-corrected chi connectivity index (χ3v) is 2.52. The molecule has 0 aromatic carbocycles. The summed E-state index contributed by atoms with van der Waals surface area (Å²) in [5, 5.41) is 0. The van der Waals surface area contributed by atoms with Crippen molar-refractivity contribution in [1.29, 1.82) is 0 Å². The molecule has 2 aromatic heterocycles. The molecule has 0 atom stereocenters. The van der Waals surface area contributed by atoms with Crippen molar-refractivity contribution in [3.63, 3.8) is 0 Å². The van der Waals surface area contributed by atoms with Gasteiger partial charge in [0.1, 0.15) is 11.5 Å². The minimum Gasteiger partial charge on any atom is -0.492 e. The first kappa shape index (κ1) is 12.4. The highest BCUT2D eigenvalue weighted by molar-refractivity contribution is 5.96. The molecule has 2 rings (SSSR count). The molecule has 0 radical (unpaired) electrons. The van der Waals surface area contributed by atoms with Gasteiger partial charge in [0, 0.05) is 24.6 Å². The van der Waals surface area contributed by atoms with Gasteiger partial charge >= 0.3 is 0 Å². The van der Waals surface area contributed by atoms with Crippen molar-refractivity contribution in [1.82, 2.24) is 4.98 Å². The highest BCUT2D eigenvalue weighted by Gasteiger charge is 2.09. The number of Topliss-reactive ketones (excluding diaryl/α,β-unsaturated/α-hetero) is 1. The van der Waals surface area contributed by atoms with Crippen LogP contribution in [0, 0.1) is 0 Å². The van der Waals surface area contributed by atoms with Gasteiger partial charge in [-0.1, -0.05) is 0 Å². The molecule has 4 heteroatoms. The summed E-state index contributed by atoms with van der Waals surface area (Å²) in [7, 11) is 0. The first-order valence-corrected chi connectivity index (χ1v) is 5.93. The van der Waals surface area contributed by atoms with Gasteiger partial charge in [-0.2, -0.15) is 0 Å². The standard InChI is InChI=1S/C14H15NO3/c1-2-17-13-8-11(9-15-10-13)14(16)6-5-12-4-3-7-18-12/h3-4,7-10H,2,5-6H2,1H3. The van der Waals surface area contributed by atoms with E-state index in [4.69, 9.17) is 9.15 Å². The fourth-order valence-corrected chi connectivity index (χ4v) is 1.65. The van der Waals surface area contributed by atoms with E-state index in [0.717, 1.165) is 5.76 Å². The van der Waals surface area contributed by atoms with Gasteiger partial charge in [0.05, 0.1) is 19.1 Å². The van der Waals surface area contributed by atoms with Crippen molar-refractivity contribution >= 4 is 5.78 Å². The molecular formula is C14H15NO3. The Kier molecular flexibility index (Phi) is 4.12. The van der Waals surface area contributed by atoms with E-state index in [2.05, 4.69) is 4.98 Å². The second-order valence-electron chi connectivity index (χ2n) is 3.84. The molecule has 0 amide bonds. The fraction of sp³-hybridized carbons (Fsp3) is 0.286. The van der Waals surface area contributed by atoms with Gasteiger partial charge in [0.15, 0.2) is 5.78 Å². The number of hydrogen-bond donors (Lipinski definition) is 0. The van der Waals surface area contributed by atoms with Crippen LogP contribution in [0.3, 0.4) is 0 Å². The predicted molar refractivity (Wildman–Crippen MR) is 66.8 cm³/mol. The zero-order valence-electron chi connectivity index (χ0n) is 10.3. The summed E-state index contributed by atoms with van der Waals surface area (Å²) in [5.74, 6) is 1.49. The normalized spacial score (nSPS) is 10.3. The van der Waals surface area contributed by atoms with Crippen LogP contribution in [0.2, 0.25) is 0 Å². The minimum absolute atomic E-state index is 0.0421. The second-order valence-corrected chi connectivity index (χ2v) is 3.84. The van der Waals surface area contributed by atoms with Gasteiger partial charge in [-0.05, 0) is 25.1 Å². The largest absolute Gasteiger partial charge is 0.492 e. The lowest BCUT2D eigenvalue weighted by molar-refractivity contribution is 0.0980. The number of hydrogen-bond acceptors (Lipinski definition) is 4. The summed E-state index contributed by atoms with van der Waals surface area (Å²) in [6.07, 6.45) is 5.78. The average Bonchev–Trinajstić information content (AvgIpc) is 2.90. The van der Waals surface area contributed by atoms with Gasteiger partial charge in [0.25, 0.3) is 0 Å². The molecule has 0 aliphatic rings. The summed E-state index contributed by atoms with van der Waals surface area (Å²) in [4.78, 5) is 16.0. The van der Waals surface area contributed by atoms with E-state index in [9.17, 15) is 4.79 Å². The maximum Gasteiger partial charge on any atom is 0.165 e. The van der Waals surface area contributed by atoms with Crippen molar-refractivity contribution in [3.8, 4) is 5.75 Å². The zero-order valence-corrected chi connectivity index (χ0v) is 10.3. The summed E-state index contributed by atoms with van der Waals surface area (Å²) >= 11 is 0. The molecule has 0 aliphatic heterocycles. The number of nitrogens with zero attached hydrogens (tertiary/aromatic N) is 1. The number of carbonyl (C=O) groups excluding carboxylic acids is 1. The van der Waals surface area contributed by atoms with Gasteiger partial charge in [-0.3, -0.25) is 9.78 Å². The second kappa shape index (κ2) is 6.00. The van der Waals surface area contributed by atoms with Gasteiger partial charge in [-0.15, -0.1) is 0 Å². The topological polar surface area (TPSA) is 52.3 Å². The van der Waals surface area contributed by atoms with Crippen LogP contribution in [0.4, 0.5) is 0 Å². The Labute approximate surface area is 106 Å². The lowest BCUT2D eigenvalue weighted by atomic mass is 10.1. The summed E-state index contributed by atoms with van der Waals surface area (Å²) in [6, 6.07) is 5.40. The summed E-state index contributed by atoms with van der Waals surface area (Å²) < 4.78 is 10.5. The number of carbonyl (C=O) groups is 1. The number of aryl methyl sites for hydroxylation is 1. The van der Waals surface area contributed by atoms with E-state index in [1.807, 2.05) is 19.1 Å². The lowest BCUT2D eigenvalue weighted by Crippen LogP contribution is -2.02. The number of furan rings is 1. The van der Waals surface area contributed by atoms with E-state index in [1.54, 1.807) is 24.7 Å². The molecule has 0 unspecified atom stereocenters. The predicted octanol–water partition coefficient (Wildman–Crippen LogP) is 2.89. The maximum absolute atomic E-state index is 12.0. The summed E-state index contributed by atoms with van der Waals surface area (Å²) in [6.45, 7) is 2.46. The van der Waals surface area contributed by atoms with Crippen LogP contribution in [0.15, 0.2) is 41.3 Å². The fourth-order valence-electron chi connectivity index (χ4n) is 1.65. The molecule has 18 heavy (non-hydrogen) atoms. The first-order valence-electron chi connectivity index (χ1n) is 5.93. The van der Waals surface area contributed by atoms with Crippen molar-refractivity contribution in [2.75, 3.05) is 6.61 Å². The van der Waals surface area contributed by atoms with Gasteiger partial charge < -0.3 is 9.15 Å². The number of ketones is 1. The van der Waals surface area contributed by atoms with Crippen molar-refractivity contribution < 1.29 is 13.9 Å². The summed E-state index contributed by atoms with van der Waals surface area (Å²) in [5.41, 5.74) is 0.576. The van der Waals surface area contributed by atoms with E-state index in [0.29, 0.717) is 30.8 Å². The quantitative estimate of drug-likeness (QED) is 0.734. The first-order chi connectivity index (χ1) is 8.79.